The number of carbonyl (C=O) groups is 1. The third-order valence-electron chi connectivity index (χ3n) is 3.33. The van der Waals surface area contributed by atoms with Gasteiger partial charge in [0, 0.05) is 18.3 Å². The number of aromatic nitrogens is 1. The van der Waals surface area contributed by atoms with Crippen LogP contribution in [0.4, 0.5) is 0 Å². The van der Waals surface area contributed by atoms with Crippen LogP contribution in [0.3, 0.4) is 0 Å². The van der Waals surface area contributed by atoms with Crippen molar-refractivity contribution in [2.75, 3.05) is 13.7 Å². The highest BCUT2D eigenvalue weighted by Crippen LogP contribution is 2.25. The third kappa shape index (κ3) is 4.02. The van der Waals surface area contributed by atoms with Crippen LogP contribution in [0.25, 0.3) is 0 Å². The average Bonchev–Trinajstić information content (AvgIpc) is 2.95. The number of nitrogens with zero attached hydrogens (tertiary/aromatic N) is 1. The number of aliphatic carboxylic acids is 1. The van der Waals surface area contributed by atoms with Gasteiger partial charge in [-0.2, -0.15) is 0 Å². The number of benzene rings is 1. The molecule has 0 radical (unpaired) electrons. The van der Waals surface area contributed by atoms with E-state index in [0.717, 1.165) is 5.69 Å². The molecular formula is C16H20N2O4. The summed E-state index contributed by atoms with van der Waals surface area (Å²) in [4.78, 5) is 10.8. The van der Waals surface area contributed by atoms with Gasteiger partial charge in [-0.15, -0.1) is 0 Å². The highest BCUT2D eigenvalue weighted by Gasteiger charge is 2.14. The second-order valence-electron chi connectivity index (χ2n) is 4.84. The van der Waals surface area contributed by atoms with Gasteiger partial charge < -0.3 is 24.9 Å². The SMILES string of the molecule is COc1ccccc1OCCn1cccc1CC(N)C(=O)O. The fraction of sp³-hybridized carbons (Fsp3) is 0.312. The highest BCUT2D eigenvalue weighted by molar-refractivity contribution is 5.73. The van der Waals surface area contributed by atoms with Crippen molar-refractivity contribution in [2.45, 2.75) is 19.0 Å². The molecule has 0 aliphatic rings. The second kappa shape index (κ2) is 7.51. The molecule has 1 atom stereocenters. The van der Waals surface area contributed by atoms with E-state index in [-0.39, 0.29) is 6.42 Å². The lowest BCUT2D eigenvalue weighted by molar-refractivity contribution is -0.138. The minimum atomic E-state index is -1.00. The van der Waals surface area contributed by atoms with Gasteiger partial charge in [-0.1, -0.05) is 12.1 Å². The summed E-state index contributed by atoms with van der Waals surface area (Å²) in [6.07, 6.45) is 2.17. The van der Waals surface area contributed by atoms with Crippen molar-refractivity contribution in [1.82, 2.24) is 4.57 Å². The van der Waals surface area contributed by atoms with Crippen molar-refractivity contribution >= 4 is 5.97 Å². The van der Waals surface area contributed by atoms with Gasteiger partial charge in [0.2, 0.25) is 0 Å². The van der Waals surface area contributed by atoms with Gasteiger partial charge in [-0.25, -0.2) is 0 Å². The smallest absolute Gasteiger partial charge is 0.320 e. The molecule has 1 aromatic heterocycles. The maximum atomic E-state index is 10.8. The summed E-state index contributed by atoms with van der Waals surface area (Å²) in [6.45, 7) is 1.05. The number of nitrogens with two attached hydrogens (primary N) is 1. The molecule has 0 bridgehead atoms. The number of rotatable bonds is 8. The maximum absolute atomic E-state index is 10.8. The van der Waals surface area contributed by atoms with Crippen LogP contribution in [0.2, 0.25) is 0 Å². The van der Waals surface area contributed by atoms with Crippen LogP contribution >= 0.6 is 0 Å². The summed E-state index contributed by atoms with van der Waals surface area (Å²) in [7, 11) is 1.60. The van der Waals surface area contributed by atoms with Gasteiger partial charge in [-0.05, 0) is 24.3 Å². The lowest BCUT2D eigenvalue weighted by atomic mass is 10.2. The minimum absolute atomic E-state index is 0.289. The average molecular weight is 304 g/mol. The molecule has 0 saturated heterocycles. The normalized spacial score (nSPS) is 11.9. The fourth-order valence-electron chi connectivity index (χ4n) is 2.16. The van der Waals surface area contributed by atoms with Crippen molar-refractivity contribution in [3.05, 3.63) is 48.3 Å². The van der Waals surface area contributed by atoms with E-state index in [1.165, 1.54) is 0 Å². The van der Waals surface area contributed by atoms with Crippen molar-refractivity contribution in [3.63, 3.8) is 0 Å². The predicted molar refractivity (Wildman–Crippen MR) is 82.2 cm³/mol. The summed E-state index contributed by atoms with van der Waals surface area (Å²) in [5, 5.41) is 8.88. The first-order valence-corrected chi connectivity index (χ1v) is 7.00. The molecule has 0 amide bonds. The number of carboxylic acid groups (broad SMARTS) is 1. The highest BCUT2D eigenvalue weighted by atomic mass is 16.5. The standard InChI is InChI=1S/C16H20N2O4/c1-21-14-6-2-3-7-15(14)22-10-9-18-8-4-5-12(18)11-13(17)16(19)20/h2-8,13H,9-11,17H2,1H3,(H,19,20). The number of para-hydroxylation sites is 2. The topological polar surface area (TPSA) is 86.7 Å². The minimum Gasteiger partial charge on any atom is -0.493 e. The first kappa shape index (κ1) is 15.9. The Hall–Kier alpha value is -2.47. The molecule has 0 saturated carbocycles. The van der Waals surface area contributed by atoms with Gasteiger partial charge >= 0.3 is 5.97 Å². The van der Waals surface area contributed by atoms with Crippen molar-refractivity contribution in [1.29, 1.82) is 0 Å². The number of carboxylic acids is 1. The Balaban J connectivity index is 1.92. The van der Waals surface area contributed by atoms with E-state index < -0.39 is 12.0 Å². The Bertz CT molecular complexity index is 624. The van der Waals surface area contributed by atoms with Crippen LogP contribution in [0.1, 0.15) is 5.69 Å². The molecule has 6 heteroatoms. The van der Waals surface area contributed by atoms with Crippen LogP contribution in [-0.4, -0.2) is 35.4 Å². The molecule has 2 aromatic rings. The van der Waals surface area contributed by atoms with E-state index in [1.54, 1.807) is 7.11 Å². The van der Waals surface area contributed by atoms with Gasteiger partial charge in [0.15, 0.2) is 11.5 Å². The summed E-state index contributed by atoms with van der Waals surface area (Å²) >= 11 is 0. The summed E-state index contributed by atoms with van der Waals surface area (Å²) < 4.78 is 12.9. The molecule has 1 heterocycles. The number of ether oxygens (including phenoxy) is 2. The molecule has 1 aromatic carbocycles. The number of hydrogen-bond acceptors (Lipinski definition) is 4. The second-order valence-corrected chi connectivity index (χ2v) is 4.84. The first-order valence-electron chi connectivity index (χ1n) is 7.00. The maximum Gasteiger partial charge on any atom is 0.320 e. The quantitative estimate of drug-likeness (QED) is 0.772. The molecule has 22 heavy (non-hydrogen) atoms. The van der Waals surface area contributed by atoms with E-state index >= 15 is 0 Å². The zero-order valence-electron chi connectivity index (χ0n) is 12.4. The summed E-state index contributed by atoms with van der Waals surface area (Å²) in [5.74, 6) is 0.363. The van der Waals surface area contributed by atoms with Crippen LogP contribution < -0.4 is 15.2 Å². The molecule has 2 rings (SSSR count). The van der Waals surface area contributed by atoms with Gasteiger partial charge in [0.05, 0.1) is 13.7 Å². The van der Waals surface area contributed by atoms with Gasteiger partial charge in [0.1, 0.15) is 12.6 Å². The largest absolute Gasteiger partial charge is 0.493 e. The first-order chi connectivity index (χ1) is 10.6. The Morgan fingerprint density at radius 1 is 1.27 bits per heavy atom. The summed E-state index contributed by atoms with van der Waals surface area (Å²) in [6, 6.07) is 10.3. The van der Waals surface area contributed by atoms with Crippen molar-refractivity contribution < 1.29 is 19.4 Å². The van der Waals surface area contributed by atoms with E-state index in [2.05, 4.69) is 0 Å². The molecule has 0 aliphatic heterocycles. The molecule has 0 spiro atoms. The monoisotopic (exact) mass is 304 g/mol. The zero-order valence-corrected chi connectivity index (χ0v) is 12.4. The third-order valence-corrected chi connectivity index (χ3v) is 3.33. The molecular weight excluding hydrogens is 284 g/mol. The van der Waals surface area contributed by atoms with Gasteiger partial charge in [0.25, 0.3) is 0 Å². The lowest BCUT2D eigenvalue weighted by Crippen LogP contribution is -2.33. The van der Waals surface area contributed by atoms with Crippen LogP contribution in [0, 0.1) is 0 Å². The molecule has 1 unspecified atom stereocenters. The molecule has 0 aliphatic carbocycles. The van der Waals surface area contributed by atoms with E-state index in [4.69, 9.17) is 20.3 Å². The van der Waals surface area contributed by atoms with Gasteiger partial charge in [-0.3, -0.25) is 4.79 Å². The van der Waals surface area contributed by atoms with Crippen LogP contribution in [0.15, 0.2) is 42.6 Å². The molecule has 6 nitrogen and oxygen atoms in total. The Labute approximate surface area is 129 Å². The Morgan fingerprint density at radius 3 is 2.68 bits per heavy atom. The molecule has 118 valence electrons. The van der Waals surface area contributed by atoms with Crippen molar-refractivity contribution in [3.8, 4) is 11.5 Å². The van der Waals surface area contributed by atoms with Crippen LogP contribution in [-0.2, 0) is 17.8 Å². The van der Waals surface area contributed by atoms with E-state index in [9.17, 15) is 4.79 Å². The fourth-order valence-corrected chi connectivity index (χ4v) is 2.16. The number of methoxy groups -OCH3 is 1. The molecule has 3 N–H and O–H groups in total. The lowest BCUT2D eigenvalue weighted by Gasteiger charge is -2.13. The van der Waals surface area contributed by atoms with Crippen molar-refractivity contribution in [2.24, 2.45) is 5.73 Å². The predicted octanol–water partition coefficient (Wildman–Crippen LogP) is 1.53. The van der Waals surface area contributed by atoms with Crippen LogP contribution in [0.5, 0.6) is 11.5 Å². The van der Waals surface area contributed by atoms with E-state index in [1.807, 2.05) is 47.2 Å². The Kier molecular flexibility index (Phi) is 5.43. The zero-order chi connectivity index (χ0) is 15.9. The Morgan fingerprint density at radius 2 is 2.00 bits per heavy atom. The van der Waals surface area contributed by atoms with E-state index in [0.29, 0.717) is 24.7 Å². The summed E-state index contributed by atoms with van der Waals surface area (Å²) in [5.41, 5.74) is 6.45. The molecule has 0 fully saturated rings. The number of hydrogen-bond donors (Lipinski definition) is 2.